The number of aromatic nitrogens is 2. The van der Waals surface area contributed by atoms with Crippen LogP contribution in [-0.2, 0) is 4.74 Å². The Hall–Kier alpha value is -2.55. The Labute approximate surface area is 110 Å². The lowest BCUT2D eigenvalue weighted by molar-refractivity contribution is 0.292. The average molecular weight is 248 g/mol. The molecule has 3 heteroatoms. The van der Waals surface area contributed by atoms with E-state index in [1.807, 2.05) is 36.6 Å². The van der Waals surface area contributed by atoms with Crippen LogP contribution in [0.3, 0.4) is 0 Å². The first-order valence-electron chi connectivity index (χ1n) is 6.27. The minimum atomic E-state index is 0.595. The topological polar surface area (TPSA) is 27.1 Å². The molecule has 0 aromatic heterocycles. The Morgan fingerprint density at radius 3 is 3.16 bits per heavy atom. The summed E-state index contributed by atoms with van der Waals surface area (Å²) in [6.45, 7) is 0.595. The minimum absolute atomic E-state index is 0.595. The highest BCUT2D eigenvalue weighted by molar-refractivity contribution is 5.97. The number of rotatable bonds is 0. The van der Waals surface area contributed by atoms with Gasteiger partial charge >= 0.3 is 0 Å². The van der Waals surface area contributed by atoms with Crippen LogP contribution >= 0.6 is 0 Å². The number of nitrogens with zero attached hydrogens (tertiary/aromatic N) is 2. The third kappa shape index (κ3) is 1.63. The molecule has 0 unspecified atom stereocenters. The molecular weight excluding hydrogens is 236 g/mol. The lowest BCUT2D eigenvalue weighted by Gasteiger charge is -2.11. The van der Waals surface area contributed by atoms with E-state index in [1.54, 1.807) is 6.26 Å². The molecule has 3 nitrogen and oxygen atoms in total. The van der Waals surface area contributed by atoms with Gasteiger partial charge < -0.3 is 9.30 Å². The molecule has 0 radical (unpaired) electrons. The van der Waals surface area contributed by atoms with E-state index in [1.165, 1.54) is 10.9 Å². The van der Waals surface area contributed by atoms with Crippen molar-refractivity contribution in [2.75, 3.05) is 6.61 Å². The predicted octanol–water partition coefficient (Wildman–Crippen LogP) is 3.61. The smallest absolute Gasteiger partial charge is 0.107 e. The molecule has 0 N–H and O–H groups in total. The molecule has 1 aromatic rings. The average Bonchev–Trinajstić information content (AvgIpc) is 2.76. The van der Waals surface area contributed by atoms with E-state index in [4.69, 9.17) is 4.74 Å². The van der Waals surface area contributed by atoms with Gasteiger partial charge in [0.1, 0.15) is 6.61 Å². The molecule has 19 heavy (non-hydrogen) atoms. The van der Waals surface area contributed by atoms with Gasteiger partial charge in [0, 0.05) is 29.0 Å². The van der Waals surface area contributed by atoms with Crippen LogP contribution in [-0.4, -0.2) is 16.2 Å². The first kappa shape index (κ1) is 10.4. The Balaban J connectivity index is 2.07. The van der Waals surface area contributed by atoms with Crippen molar-refractivity contribution >= 4 is 23.2 Å². The van der Waals surface area contributed by atoms with E-state index in [0.717, 1.165) is 16.9 Å². The summed E-state index contributed by atoms with van der Waals surface area (Å²) in [7, 11) is 0. The fourth-order valence-corrected chi connectivity index (χ4v) is 2.45. The number of hydrogen-bond acceptors (Lipinski definition) is 2. The van der Waals surface area contributed by atoms with Crippen LogP contribution in [0.1, 0.15) is 5.69 Å². The minimum Gasteiger partial charge on any atom is -0.497 e. The van der Waals surface area contributed by atoms with Gasteiger partial charge in [-0.1, -0.05) is 18.2 Å². The molecular formula is C16H12N2O. The lowest BCUT2D eigenvalue weighted by Crippen LogP contribution is -1.99. The zero-order chi connectivity index (χ0) is 12.7. The lowest BCUT2D eigenvalue weighted by atomic mass is 10.1. The first-order chi connectivity index (χ1) is 9.42. The number of para-hydroxylation sites is 1. The monoisotopic (exact) mass is 248 g/mol. The third-order valence-corrected chi connectivity index (χ3v) is 3.36. The molecule has 92 valence electrons. The van der Waals surface area contributed by atoms with Gasteiger partial charge in [0.05, 0.1) is 17.5 Å². The number of ether oxygens (including phenoxy) is 1. The van der Waals surface area contributed by atoms with Crippen molar-refractivity contribution in [1.82, 2.24) is 9.55 Å². The van der Waals surface area contributed by atoms with Crippen LogP contribution in [0.4, 0.5) is 0 Å². The van der Waals surface area contributed by atoms with Gasteiger partial charge in [-0.15, -0.1) is 0 Å². The zero-order valence-electron chi connectivity index (χ0n) is 10.3. The second-order valence-electron chi connectivity index (χ2n) is 4.55. The Bertz CT molecular complexity index is 783. The van der Waals surface area contributed by atoms with E-state index >= 15 is 0 Å². The van der Waals surface area contributed by atoms with Gasteiger partial charge in [-0.2, -0.15) is 0 Å². The molecule has 0 fully saturated rings. The maximum absolute atomic E-state index is 5.32. The summed E-state index contributed by atoms with van der Waals surface area (Å²) in [5.41, 5.74) is 4.33. The third-order valence-electron chi connectivity index (χ3n) is 3.36. The second kappa shape index (κ2) is 3.99. The summed E-state index contributed by atoms with van der Waals surface area (Å²) in [6, 6.07) is 10.4. The normalized spacial score (nSPS) is 15.8. The van der Waals surface area contributed by atoms with Gasteiger partial charge in [0.25, 0.3) is 0 Å². The molecule has 0 spiro atoms. The molecule has 0 amide bonds. The molecule has 3 heterocycles. The summed E-state index contributed by atoms with van der Waals surface area (Å²) < 4.78 is 7.39. The number of fused-ring (bicyclic) bond motifs is 4. The Kier molecular flexibility index (Phi) is 2.18. The molecule has 0 aliphatic carbocycles. The van der Waals surface area contributed by atoms with Crippen LogP contribution in [0.25, 0.3) is 34.4 Å². The maximum atomic E-state index is 5.32. The molecule has 3 aliphatic heterocycles. The van der Waals surface area contributed by atoms with Crippen LogP contribution in [0.5, 0.6) is 0 Å². The second-order valence-corrected chi connectivity index (χ2v) is 4.55. The summed E-state index contributed by atoms with van der Waals surface area (Å²) in [5, 5.41) is 1.20. The SMILES string of the molecule is C1=Cn2cc3nc4ccccc4c-3cc2/C=C\OC1. The molecule has 0 atom stereocenters. The summed E-state index contributed by atoms with van der Waals surface area (Å²) in [6.07, 6.45) is 9.78. The van der Waals surface area contributed by atoms with E-state index in [2.05, 4.69) is 27.9 Å². The molecule has 0 bridgehead atoms. The van der Waals surface area contributed by atoms with Crippen LogP contribution < -0.4 is 0 Å². The highest BCUT2D eigenvalue weighted by Crippen LogP contribution is 2.32. The van der Waals surface area contributed by atoms with E-state index in [9.17, 15) is 0 Å². The summed E-state index contributed by atoms with van der Waals surface area (Å²) in [5.74, 6) is 0. The van der Waals surface area contributed by atoms with Crippen molar-refractivity contribution < 1.29 is 4.74 Å². The zero-order valence-corrected chi connectivity index (χ0v) is 10.3. The maximum Gasteiger partial charge on any atom is 0.107 e. The van der Waals surface area contributed by atoms with E-state index in [-0.39, 0.29) is 0 Å². The van der Waals surface area contributed by atoms with Crippen molar-refractivity contribution in [3.05, 3.63) is 54.6 Å². The van der Waals surface area contributed by atoms with Crippen LogP contribution in [0, 0.1) is 0 Å². The molecule has 0 saturated carbocycles. The number of pyridine rings is 1. The summed E-state index contributed by atoms with van der Waals surface area (Å²) >= 11 is 0. The van der Waals surface area contributed by atoms with Gasteiger partial charge in [0.15, 0.2) is 0 Å². The van der Waals surface area contributed by atoms with Crippen LogP contribution in [0.15, 0.2) is 48.9 Å². The fraction of sp³-hybridized carbons (Fsp3) is 0.0625. The standard InChI is InChI=1S/C16H12N2O/c1-2-5-15-13(4-1)14-10-12-6-9-19-8-3-7-18(12)11-16(14)17-15/h1-7,9-11H,8H2/b7-3?,9-6-. The molecule has 4 rings (SSSR count). The molecule has 3 aliphatic rings. The largest absolute Gasteiger partial charge is 0.497 e. The Morgan fingerprint density at radius 2 is 2.16 bits per heavy atom. The van der Waals surface area contributed by atoms with E-state index in [0.29, 0.717) is 6.61 Å². The number of hydrogen-bond donors (Lipinski definition) is 0. The predicted molar refractivity (Wildman–Crippen MR) is 76.7 cm³/mol. The van der Waals surface area contributed by atoms with E-state index < -0.39 is 0 Å². The van der Waals surface area contributed by atoms with Gasteiger partial charge in [0.2, 0.25) is 0 Å². The molecule has 0 saturated heterocycles. The van der Waals surface area contributed by atoms with Crippen molar-refractivity contribution in [2.45, 2.75) is 0 Å². The van der Waals surface area contributed by atoms with Gasteiger partial charge in [-0.3, -0.25) is 0 Å². The van der Waals surface area contributed by atoms with Gasteiger partial charge in [-0.25, -0.2) is 4.98 Å². The van der Waals surface area contributed by atoms with Crippen molar-refractivity contribution in [3.63, 3.8) is 0 Å². The summed E-state index contributed by atoms with van der Waals surface area (Å²) in [4.78, 5) is 4.67. The van der Waals surface area contributed by atoms with Crippen molar-refractivity contribution in [2.24, 2.45) is 0 Å². The quantitative estimate of drug-likeness (QED) is 0.607. The molecule has 1 aromatic carbocycles. The number of benzene rings is 1. The Morgan fingerprint density at radius 1 is 1.21 bits per heavy atom. The fourth-order valence-electron chi connectivity index (χ4n) is 2.45. The highest BCUT2D eigenvalue weighted by Gasteiger charge is 2.13. The van der Waals surface area contributed by atoms with Crippen molar-refractivity contribution in [3.8, 4) is 11.3 Å². The first-order valence-corrected chi connectivity index (χ1v) is 6.27. The van der Waals surface area contributed by atoms with Crippen molar-refractivity contribution in [1.29, 1.82) is 0 Å². The van der Waals surface area contributed by atoms with Crippen LogP contribution in [0.2, 0.25) is 0 Å². The van der Waals surface area contributed by atoms with Gasteiger partial charge in [-0.05, 0) is 24.3 Å². The highest BCUT2D eigenvalue weighted by atomic mass is 16.5.